The van der Waals surface area contributed by atoms with Gasteiger partial charge in [0.05, 0.1) is 0 Å². The Hall–Kier alpha value is -0.450. The molecule has 1 rings (SSSR count). The number of nitrogens with one attached hydrogen (secondary N) is 1. The number of hydrogen-bond acceptors (Lipinski definition) is 2. The molecule has 0 saturated carbocycles. The van der Waals surface area contributed by atoms with E-state index in [2.05, 4.69) is 54.1 Å². The lowest BCUT2D eigenvalue weighted by molar-refractivity contribution is 0.246. The largest absolute Gasteiger partial charge is 0.311 e. The Morgan fingerprint density at radius 2 is 2.00 bits per heavy atom. The van der Waals surface area contributed by atoms with Gasteiger partial charge in [0, 0.05) is 23.6 Å². The molecule has 0 aliphatic rings. The minimum absolute atomic E-state index is 0.207. The van der Waals surface area contributed by atoms with Crippen molar-refractivity contribution >= 4 is 15.9 Å². The van der Waals surface area contributed by atoms with Crippen molar-refractivity contribution in [1.82, 2.24) is 10.2 Å². The maximum absolute atomic E-state index is 13.0. The van der Waals surface area contributed by atoms with Crippen LogP contribution in [0.3, 0.4) is 0 Å². The standard InChI is InChI=1S/C15H24BrFN2/c1-11(2)7-14(19(3)4)10-18-9-12-5-6-13(17)8-15(12)16/h5-6,8,11,14,18H,7,9-10H2,1-4H3. The Bertz CT molecular complexity index is 394. The van der Waals surface area contributed by atoms with Crippen LogP contribution in [0.2, 0.25) is 0 Å². The van der Waals surface area contributed by atoms with Crippen LogP contribution in [0.25, 0.3) is 0 Å². The fourth-order valence-electron chi connectivity index (χ4n) is 2.06. The van der Waals surface area contributed by atoms with Gasteiger partial charge >= 0.3 is 0 Å². The van der Waals surface area contributed by atoms with Crippen LogP contribution >= 0.6 is 15.9 Å². The first kappa shape index (κ1) is 16.6. The Kier molecular flexibility index (Phi) is 6.97. The SMILES string of the molecule is CC(C)CC(CNCc1ccc(F)cc1Br)N(C)C. The van der Waals surface area contributed by atoms with Gasteiger partial charge in [-0.2, -0.15) is 0 Å². The number of rotatable bonds is 7. The third-order valence-corrected chi connectivity index (χ3v) is 3.92. The summed E-state index contributed by atoms with van der Waals surface area (Å²) in [5, 5.41) is 3.45. The van der Waals surface area contributed by atoms with Gasteiger partial charge in [0.25, 0.3) is 0 Å². The summed E-state index contributed by atoms with van der Waals surface area (Å²) in [4.78, 5) is 2.26. The summed E-state index contributed by atoms with van der Waals surface area (Å²) >= 11 is 3.39. The van der Waals surface area contributed by atoms with Crippen LogP contribution in [0.5, 0.6) is 0 Å². The van der Waals surface area contributed by atoms with Gasteiger partial charge in [-0.25, -0.2) is 4.39 Å². The third-order valence-electron chi connectivity index (χ3n) is 3.18. The molecule has 4 heteroatoms. The first-order chi connectivity index (χ1) is 8.90. The summed E-state index contributed by atoms with van der Waals surface area (Å²) in [6, 6.07) is 5.35. The lowest BCUT2D eigenvalue weighted by atomic mass is 10.0. The second-order valence-electron chi connectivity index (χ2n) is 5.61. The predicted octanol–water partition coefficient (Wildman–Crippen LogP) is 3.65. The van der Waals surface area contributed by atoms with Crippen LogP contribution < -0.4 is 5.32 Å². The van der Waals surface area contributed by atoms with E-state index in [1.54, 1.807) is 0 Å². The van der Waals surface area contributed by atoms with E-state index in [1.807, 2.05) is 6.07 Å². The Labute approximate surface area is 124 Å². The molecule has 1 aromatic rings. The molecule has 1 N–H and O–H groups in total. The Morgan fingerprint density at radius 1 is 1.32 bits per heavy atom. The Morgan fingerprint density at radius 3 is 2.53 bits per heavy atom. The van der Waals surface area contributed by atoms with Crippen LogP contribution in [0.4, 0.5) is 4.39 Å². The molecular formula is C15H24BrFN2. The molecule has 108 valence electrons. The highest BCUT2D eigenvalue weighted by molar-refractivity contribution is 9.10. The molecule has 2 nitrogen and oxygen atoms in total. The number of nitrogens with zero attached hydrogens (tertiary/aromatic N) is 1. The van der Waals surface area contributed by atoms with Gasteiger partial charge in [-0.15, -0.1) is 0 Å². The van der Waals surface area contributed by atoms with Gasteiger partial charge in [-0.3, -0.25) is 0 Å². The fraction of sp³-hybridized carbons (Fsp3) is 0.600. The molecule has 0 fully saturated rings. The molecular weight excluding hydrogens is 307 g/mol. The lowest BCUT2D eigenvalue weighted by Crippen LogP contribution is -2.38. The highest BCUT2D eigenvalue weighted by Crippen LogP contribution is 2.18. The molecule has 0 spiro atoms. The molecule has 1 aromatic carbocycles. The second kappa shape index (κ2) is 7.98. The molecule has 0 heterocycles. The normalized spacial score (nSPS) is 13.3. The summed E-state index contributed by atoms with van der Waals surface area (Å²) in [6.07, 6.45) is 1.17. The van der Waals surface area contributed by atoms with Crippen molar-refractivity contribution in [2.45, 2.75) is 32.9 Å². The van der Waals surface area contributed by atoms with Crippen molar-refractivity contribution in [2.24, 2.45) is 5.92 Å². The highest BCUT2D eigenvalue weighted by atomic mass is 79.9. The van der Waals surface area contributed by atoms with Crippen molar-refractivity contribution in [3.8, 4) is 0 Å². The van der Waals surface area contributed by atoms with Crippen LogP contribution in [0.15, 0.2) is 22.7 Å². The molecule has 1 unspecified atom stereocenters. The summed E-state index contributed by atoms with van der Waals surface area (Å²) in [7, 11) is 4.23. The van der Waals surface area contributed by atoms with Crippen LogP contribution in [-0.4, -0.2) is 31.6 Å². The quantitative estimate of drug-likeness (QED) is 0.820. The highest BCUT2D eigenvalue weighted by Gasteiger charge is 2.13. The maximum atomic E-state index is 13.0. The molecule has 0 amide bonds. The number of benzene rings is 1. The molecule has 0 aliphatic heterocycles. The van der Waals surface area contributed by atoms with Gasteiger partial charge in [0.1, 0.15) is 5.82 Å². The molecule has 1 atom stereocenters. The van der Waals surface area contributed by atoms with Crippen LogP contribution in [0, 0.1) is 11.7 Å². The van der Waals surface area contributed by atoms with E-state index in [9.17, 15) is 4.39 Å². The summed E-state index contributed by atoms with van der Waals surface area (Å²) < 4.78 is 13.8. The van der Waals surface area contributed by atoms with E-state index in [0.29, 0.717) is 12.0 Å². The zero-order valence-electron chi connectivity index (χ0n) is 12.2. The molecule has 0 radical (unpaired) electrons. The van der Waals surface area contributed by atoms with Crippen molar-refractivity contribution in [3.63, 3.8) is 0 Å². The van der Waals surface area contributed by atoms with Gasteiger partial charge in [-0.05, 0) is 44.1 Å². The number of likely N-dealkylation sites (N-methyl/N-ethyl adjacent to an activating group) is 1. The van der Waals surface area contributed by atoms with Gasteiger partial charge in [0.2, 0.25) is 0 Å². The number of halogens is 2. The van der Waals surface area contributed by atoms with Crippen molar-refractivity contribution in [3.05, 3.63) is 34.1 Å². The lowest BCUT2D eigenvalue weighted by Gasteiger charge is -2.26. The Balaban J connectivity index is 2.47. The van der Waals surface area contributed by atoms with Gasteiger partial charge in [-0.1, -0.05) is 35.8 Å². The molecule has 0 saturated heterocycles. The van der Waals surface area contributed by atoms with Gasteiger partial charge in [0.15, 0.2) is 0 Å². The monoisotopic (exact) mass is 330 g/mol. The van der Waals surface area contributed by atoms with Crippen LogP contribution in [0.1, 0.15) is 25.8 Å². The first-order valence-corrected chi connectivity index (χ1v) is 7.50. The fourth-order valence-corrected chi connectivity index (χ4v) is 2.55. The van der Waals surface area contributed by atoms with Crippen molar-refractivity contribution in [1.29, 1.82) is 0 Å². The zero-order chi connectivity index (χ0) is 14.4. The third kappa shape index (κ3) is 6.02. The summed E-state index contributed by atoms with van der Waals surface area (Å²) in [5.74, 6) is 0.480. The van der Waals surface area contributed by atoms with Crippen LogP contribution in [-0.2, 0) is 6.54 Å². The van der Waals surface area contributed by atoms with E-state index in [1.165, 1.54) is 18.6 Å². The smallest absolute Gasteiger partial charge is 0.124 e. The molecule has 0 aliphatic carbocycles. The minimum Gasteiger partial charge on any atom is -0.311 e. The number of hydrogen-bond donors (Lipinski definition) is 1. The topological polar surface area (TPSA) is 15.3 Å². The van der Waals surface area contributed by atoms with E-state index < -0.39 is 0 Å². The van der Waals surface area contributed by atoms with E-state index in [4.69, 9.17) is 0 Å². The van der Waals surface area contributed by atoms with Crippen molar-refractivity contribution < 1.29 is 4.39 Å². The van der Waals surface area contributed by atoms with E-state index >= 15 is 0 Å². The molecule has 19 heavy (non-hydrogen) atoms. The molecule has 0 bridgehead atoms. The van der Waals surface area contributed by atoms with Gasteiger partial charge < -0.3 is 10.2 Å². The van der Waals surface area contributed by atoms with E-state index in [-0.39, 0.29) is 5.82 Å². The average molecular weight is 331 g/mol. The maximum Gasteiger partial charge on any atom is 0.124 e. The summed E-state index contributed by atoms with van der Waals surface area (Å²) in [5.41, 5.74) is 1.09. The second-order valence-corrected chi connectivity index (χ2v) is 6.47. The zero-order valence-corrected chi connectivity index (χ0v) is 13.8. The molecule has 0 aromatic heterocycles. The predicted molar refractivity (Wildman–Crippen MR) is 82.7 cm³/mol. The minimum atomic E-state index is -0.207. The average Bonchev–Trinajstić information content (AvgIpc) is 2.29. The first-order valence-electron chi connectivity index (χ1n) is 6.71. The van der Waals surface area contributed by atoms with Crippen molar-refractivity contribution in [2.75, 3.05) is 20.6 Å². The van der Waals surface area contributed by atoms with E-state index in [0.717, 1.165) is 23.1 Å². The summed E-state index contributed by atoms with van der Waals surface area (Å²) in [6.45, 7) is 6.18.